The van der Waals surface area contributed by atoms with Gasteiger partial charge in [-0.1, -0.05) is 0 Å². The topological polar surface area (TPSA) is 55.8 Å². The van der Waals surface area contributed by atoms with Gasteiger partial charge in [0.25, 0.3) is 5.76 Å². The first-order chi connectivity index (χ1) is 4.63. The zero-order chi connectivity index (χ0) is 8.15. The van der Waals surface area contributed by atoms with Gasteiger partial charge in [0.05, 0.1) is 14.2 Å². The number of ether oxygens (including phenoxy) is 2. The Morgan fingerprint density at radius 2 is 1.90 bits per heavy atom. The smallest absolute Gasteiger partial charge is 0.376 e. The molecule has 0 radical (unpaired) electrons. The van der Waals surface area contributed by atoms with Crippen LogP contribution >= 0.6 is 11.6 Å². The van der Waals surface area contributed by atoms with Crippen molar-refractivity contribution < 1.29 is 19.4 Å². The van der Waals surface area contributed by atoms with Crippen LogP contribution in [-0.2, 0) is 14.3 Å². The lowest BCUT2D eigenvalue weighted by atomic mass is 10.5. The Kier molecular flexibility index (Phi) is 3.64. The number of hydrogen-bond donors (Lipinski definition) is 1. The molecule has 0 spiro atoms. The molecule has 0 bridgehead atoms. The summed E-state index contributed by atoms with van der Waals surface area (Å²) in [6, 6.07) is 0. The van der Waals surface area contributed by atoms with E-state index >= 15 is 0 Å². The Morgan fingerprint density at radius 1 is 1.40 bits per heavy atom. The largest absolute Gasteiger partial charge is 0.487 e. The predicted molar refractivity (Wildman–Crippen MR) is 34.5 cm³/mol. The van der Waals surface area contributed by atoms with Crippen LogP contribution in [-0.4, -0.2) is 25.3 Å². The van der Waals surface area contributed by atoms with Crippen molar-refractivity contribution in [3.63, 3.8) is 0 Å². The minimum absolute atomic E-state index is 0.269. The molecule has 0 aromatic rings. The summed E-state index contributed by atoms with van der Waals surface area (Å²) in [5, 5.41) is 8.06. The maximum Gasteiger partial charge on any atom is 0.376 e. The molecule has 0 aliphatic carbocycles. The van der Waals surface area contributed by atoms with Crippen molar-refractivity contribution in [1.82, 2.24) is 0 Å². The zero-order valence-electron chi connectivity index (χ0n) is 5.55. The van der Waals surface area contributed by atoms with Gasteiger partial charge in [-0.2, -0.15) is 0 Å². The maximum atomic E-state index is 10.2. The van der Waals surface area contributed by atoms with Gasteiger partial charge in [-0.3, -0.25) is 0 Å². The van der Waals surface area contributed by atoms with E-state index in [9.17, 15) is 4.79 Å². The average molecular weight is 167 g/mol. The third kappa shape index (κ3) is 2.14. The first-order valence-electron chi connectivity index (χ1n) is 2.34. The molecule has 0 amide bonds. The molecule has 4 nitrogen and oxygen atoms in total. The van der Waals surface area contributed by atoms with Crippen LogP contribution in [0.25, 0.3) is 0 Å². The van der Waals surface area contributed by atoms with E-state index in [0.29, 0.717) is 0 Å². The lowest BCUT2D eigenvalue weighted by Gasteiger charge is -2.01. The second-order valence-electron chi connectivity index (χ2n) is 1.32. The molecule has 10 heavy (non-hydrogen) atoms. The van der Waals surface area contributed by atoms with Crippen molar-refractivity contribution in [3.05, 3.63) is 11.0 Å². The molecule has 0 heterocycles. The molecular formula is C5H7ClO4. The van der Waals surface area contributed by atoms with Gasteiger partial charge in [-0.25, -0.2) is 4.79 Å². The van der Waals surface area contributed by atoms with Crippen molar-refractivity contribution in [2.75, 3.05) is 14.2 Å². The van der Waals surface area contributed by atoms with Gasteiger partial charge in [0, 0.05) is 0 Å². The van der Waals surface area contributed by atoms with E-state index in [2.05, 4.69) is 9.47 Å². The Balaban J connectivity index is 4.45. The molecule has 0 aromatic carbocycles. The summed E-state index contributed by atoms with van der Waals surface area (Å²) >= 11 is 5.28. The van der Waals surface area contributed by atoms with Gasteiger partial charge in [-0.05, 0) is 11.6 Å². The summed E-state index contributed by atoms with van der Waals surface area (Å²) in [4.78, 5) is 10.2. The third-order valence-corrected chi connectivity index (χ3v) is 1.08. The van der Waals surface area contributed by atoms with E-state index in [1.807, 2.05) is 0 Å². The minimum atomic E-state index is -1.26. The van der Waals surface area contributed by atoms with Crippen LogP contribution in [0.15, 0.2) is 11.0 Å². The Morgan fingerprint density at radius 3 is 2.00 bits per heavy atom. The Hall–Kier alpha value is -0.900. The first-order valence-corrected chi connectivity index (χ1v) is 2.72. The second-order valence-corrected chi connectivity index (χ2v) is 1.66. The van der Waals surface area contributed by atoms with Gasteiger partial charge in [0.1, 0.15) is 0 Å². The van der Waals surface area contributed by atoms with Crippen molar-refractivity contribution in [1.29, 1.82) is 0 Å². The first kappa shape index (κ1) is 9.10. The zero-order valence-corrected chi connectivity index (χ0v) is 6.31. The van der Waals surface area contributed by atoms with Crippen LogP contribution in [0.2, 0.25) is 0 Å². The van der Waals surface area contributed by atoms with Gasteiger partial charge in [-0.15, -0.1) is 0 Å². The predicted octanol–water partition coefficient (Wildman–Crippen LogP) is 0.772. The number of rotatable bonds is 3. The van der Waals surface area contributed by atoms with Gasteiger partial charge < -0.3 is 14.6 Å². The lowest BCUT2D eigenvalue weighted by molar-refractivity contribution is -0.136. The standard InChI is InChI=1S/C5H7ClO4/c1-9-3(5(7)8)4(6)10-2/h1-2H3,(H,7,8). The number of aliphatic carboxylic acids is 1. The number of carbonyl (C=O) groups is 1. The molecule has 0 unspecified atom stereocenters. The fourth-order valence-corrected chi connectivity index (χ4v) is 0.502. The Bertz CT molecular complexity index is 163. The molecule has 0 aromatic heterocycles. The van der Waals surface area contributed by atoms with Crippen LogP contribution in [0.5, 0.6) is 0 Å². The molecule has 1 N–H and O–H groups in total. The molecular weight excluding hydrogens is 160 g/mol. The fraction of sp³-hybridized carbons (Fsp3) is 0.400. The second kappa shape index (κ2) is 4.00. The van der Waals surface area contributed by atoms with Crippen LogP contribution in [0.4, 0.5) is 0 Å². The van der Waals surface area contributed by atoms with Crippen LogP contribution < -0.4 is 0 Å². The minimum Gasteiger partial charge on any atom is -0.487 e. The van der Waals surface area contributed by atoms with Crippen molar-refractivity contribution in [2.45, 2.75) is 0 Å². The monoisotopic (exact) mass is 166 g/mol. The quantitative estimate of drug-likeness (QED) is 0.497. The summed E-state index contributed by atoms with van der Waals surface area (Å²) in [7, 11) is 2.45. The molecule has 5 heteroatoms. The highest BCUT2D eigenvalue weighted by Crippen LogP contribution is 2.10. The summed E-state index contributed by atoms with van der Waals surface area (Å²) in [5.41, 5.74) is 0. The Labute approximate surface area is 63.0 Å². The highest BCUT2D eigenvalue weighted by Gasteiger charge is 2.13. The molecule has 0 saturated heterocycles. The maximum absolute atomic E-state index is 10.2. The molecule has 58 valence electrons. The normalized spacial score (nSPS) is 11.9. The summed E-state index contributed by atoms with van der Waals surface area (Å²) in [6.07, 6.45) is 0. The number of methoxy groups -OCH3 is 2. The highest BCUT2D eigenvalue weighted by atomic mass is 35.5. The van der Waals surface area contributed by atoms with Crippen molar-refractivity contribution in [3.8, 4) is 0 Å². The van der Waals surface area contributed by atoms with E-state index in [1.54, 1.807) is 0 Å². The number of hydrogen-bond acceptors (Lipinski definition) is 3. The number of halogens is 1. The molecule has 0 fully saturated rings. The molecule has 0 aliphatic rings. The van der Waals surface area contributed by atoms with E-state index in [4.69, 9.17) is 16.7 Å². The molecule has 0 atom stereocenters. The highest BCUT2D eigenvalue weighted by molar-refractivity contribution is 6.30. The third-order valence-electron chi connectivity index (χ3n) is 0.756. The molecule has 0 aliphatic heterocycles. The van der Waals surface area contributed by atoms with E-state index in [-0.39, 0.29) is 5.22 Å². The van der Waals surface area contributed by atoms with Crippen LogP contribution in [0.3, 0.4) is 0 Å². The average Bonchev–Trinajstić information content (AvgIpc) is 1.88. The summed E-state index contributed by atoms with van der Waals surface area (Å²) in [6.45, 7) is 0. The van der Waals surface area contributed by atoms with Crippen LogP contribution in [0, 0.1) is 0 Å². The number of carboxylic acids is 1. The van der Waals surface area contributed by atoms with Gasteiger partial charge >= 0.3 is 5.97 Å². The molecule has 0 rings (SSSR count). The van der Waals surface area contributed by atoms with Gasteiger partial charge in [0.15, 0.2) is 0 Å². The van der Waals surface area contributed by atoms with E-state index in [0.717, 1.165) is 0 Å². The van der Waals surface area contributed by atoms with Gasteiger partial charge in [0.2, 0.25) is 5.22 Å². The SMILES string of the molecule is COC(Cl)=C(OC)C(=O)O. The van der Waals surface area contributed by atoms with E-state index in [1.165, 1.54) is 14.2 Å². The summed E-state index contributed by atoms with van der Waals surface area (Å²) < 4.78 is 8.79. The lowest BCUT2D eigenvalue weighted by Crippen LogP contribution is -2.05. The summed E-state index contributed by atoms with van der Waals surface area (Å²) in [5.74, 6) is -1.65. The number of carboxylic acid groups (broad SMARTS) is 1. The fourth-order valence-electron chi connectivity index (χ4n) is 0.344. The van der Waals surface area contributed by atoms with Crippen LogP contribution in [0.1, 0.15) is 0 Å². The van der Waals surface area contributed by atoms with E-state index < -0.39 is 11.7 Å². The van der Waals surface area contributed by atoms with Crippen molar-refractivity contribution in [2.24, 2.45) is 0 Å². The molecule has 0 saturated carbocycles. The van der Waals surface area contributed by atoms with Crippen molar-refractivity contribution >= 4 is 17.6 Å².